The Hall–Kier alpha value is -1.07. The molecule has 0 spiro atoms. The Morgan fingerprint density at radius 1 is 1.50 bits per heavy atom. The van der Waals surface area contributed by atoms with E-state index in [1.807, 2.05) is 0 Å². The van der Waals surface area contributed by atoms with E-state index in [9.17, 15) is 12.6 Å². The van der Waals surface area contributed by atoms with Gasteiger partial charge in [0.05, 0.1) is 0 Å². The quantitative estimate of drug-likeness (QED) is 0.414. The summed E-state index contributed by atoms with van der Waals surface area (Å²) < 4.78 is 24.5. The monoisotopic (exact) mass is 289 g/mol. The maximum absolute atomic E-state index is 11.5. The second-order valence-corrected chi connectivity index (χ2v) is 6.84. The molecule has 1 aromatic rings. The van der Waals surface area contributed by atoms with Crippen molar-refractivity contribution in [3.8, 4) is 0 Å². The van der Waals surface area contributed by atoms with Gasteiger partial charge in [-0.05, 0) is 0 Å². The first-order valence-corrected chi connectivity index (χ1v) is 7.72. The number of rotatable bonds is 3. The average Bonchev–Trinajstić information content (AvgIpc) is 2.20. The second-order valence-electron chi connectivity index (χ2n) is 3.30. The Morgan fingerprint density at radius 2 is 2.12 bits per heavy atom. The standard InChI is InChI=1S/C9H12AsNO5/c1-6-3-4-9(11-7(2)12)8(5-6)10(13,14)16-15/h3-5,15H,1-2H3,(H,11,12)(H,13,14). The summed E-state index contributed by atoms with van der Waals surface area (Å²) in [7, 11) is 0. The summed E-state index contributed by atoms with van der Waals surface area (Å²) in [6, 6.07) is 4.54. The zero-order chi connectivity index (χ0) is 12.3. The SMILES string of the molecule is CC(=O)Nc1ccc(C)cc1[As](=O)(O)OO. The van der Waals surface area contributed by atoms with Crippen LogP contribution >= 0.6 is 0 Å². The normalized spacial score (nSPS) is 14.2. The van der Waals surface area contributed by atoms with E-state index in [2.05, 4.69) is 9.19 Å². The third kappa shape index (κ3) is 2.96. The average molecular weight is 289 g/mol. The van der Waals surface area contributed by atoms with Crippen molar-refractivity contribution in [2.24, 2.45) is 0 Å². The van der Waals surface area contributed by atoms with Gasteiger partial charge in [0.1, 0.15) is 0 Å². The minimum absolute atomic E-state index is 0.0872. The van der Waals surface area contributed by atoms with Gasteiger partial charge in [-0.15, -0.1) is 0 Å². The first-order chi connectivity index (χ1) is 7.36. The van der Waals surface area contributed by atoms with Crippen molar-refractivity contribution in [1.29, 1.82) is 0 Å². The Labute approximate surface area is 95.2 Å². The molecule has 1 amide bonds. The van der Waals surface area contributed by atoms with Crippen molar-refractivity contribution in [2.45, 2.75) is 13.8 Å². The first kappa shape index (κ1) is 13.0. The van der Waals surface area contributed by atoms with Crippen LogP contribution in [0.1, 0.15) is 12.5 Å². The molecule has 7 heteroatoms. The number of benzene rings is 1. The molecular formula is C9H12AsNO5. The van der Waals surface area contributed by atoms with Crippen molar-refractivity contribution in [1.82, 2.24) is 0 Å². The predicted octanol–water partition coefficient (Wildman–Crippen LogP) is 0.0117. The van der Waals surface area contributed by atoms with Gasteiger partial charge < -0.3 is 0 Å². The predicted molar refractivity (Wildman–Crippen MR) is 57.5 cm³/mol. The third-order valence-electron chi connectivity index (χ3n) is 1.88. The second kappa shape index (κ2) is 4.84. The van der Waals surface area contributed by atoms with Gasteiger partial charge in [0.2, 0.25) is 0 Å². The van der Waals surface area contributed by atoms with E-state index in [1.54, 1.807) is 13.0 Å². The van der Waals surface area contributed by atoms with Gasteiger partial charge in [-0.25, -0.2) is 0 Å². The number of aryl methyl sites for hydroxylation is 1. The molecule has 0 radical (unpaired) electrons. The van der Waals surface area contributed by atoms with Gasteiger partial charge >= 0.3 is 94.8 Å². The van der Waals surface area contributed by atoms with Crippen LogP contribution in [0, 0.1) is 6.92 Å². The molecule has 3 N–H and O–H groups in total. The molecule has 1 aromatic carbocycles. The zero-order valence-electron chi connectivity index (χ0n) is 8.80. The van der Waals surface area contributed by atoms with E-state index in [0.29, 0.717) is 0 Å². The van der Waals surface area contributed by atoms with E-state index >= 15 is 0 Å². The van der Waals surface area contributed by atoms with E-state index in [1.165, 1.54) is 19.1 Å². The Kier molecular flexibility index (Phi) is 3.93. The maximum atomic E-state index is 11.5. The molecule has 1 atom stereocenters. The number of nitrogens with one attached hydrogen (secondary N) is 1. The summed E-state index contributed by atoms with van der Waals surface area (Å²) in [5.74, 6) is -0.376. The van der Waals surface area contributed by atoms with Crippen molar-refractivity contribution < 1.29 is 21.8 Å². The minimum atomic E-state index is -4.96. The fourth-order valence-corrected chi connectivity index (χ4v) is 3.08. The molecule has 0 saturated heterocycles. The molecule has 16 heavy (non-hydrogen) atoms. The van der Waals surface area contributed by atoms with Crippen molar-refractivity contribution in [3.63, 3.8) is 0 Å². The summed E-state index contributed by atoms with van der Waals surface area (Å²) >= 11 is -4.96. The molecule has 0 saturated carbocycles. The van der Waals surface area contributed by atoms with Gasteiger partial charge in [0, 0.05) is 0 Å². The molecule has 0 aliphatic carbocycles. The molecule has 0 aliphatic heterocycles. The molecule has 0 fully saturated rings. The van der Waals surface area contributed by atoms with Crippen LogP contribution in [-0.4, -0.2) is 29.4 Å². The van der Waals surface area contributed by atoms with E-state index in [-0.39, 0.29) is 15.9 Å². The van der Waals surface area contributed by atoms with Gasteiger partial charge in [-0.3, -0.25) is 0 Å². The molecule has 1 rings (SSSR count). The van der Waals surface area contributed by atoms with Crippen molar-refractivity contribution in [3.05, 3.63) is 23.8 Å². The molecular weight excluding hydrogens is 277 g/mol. The fourth-order valence-electron chi connectivity index (χ4n) is 1.21. The first-order valence-electron chi connectivity index (χ1n) is 4.41. The van der Waals surface area contributed by atoms with Gasteiger partial charge in [-0.2, -0.15) is 0 Å². The van der Waals surface area contributed by atoms with Crippen molar-refractivity contribution >= 4 is 30.1 Å². The summed E-state index contributed by atoms with van der Waals surface area (Å²) in [4.78, 5) is 10.9. The zero-order valence-corrected chi connectivity index (χ0v) is 10.7. The summed E-state index contributed by atoms with van der Waals surface area (Å²) in [5, 5.41) is 10.8. The molecule has 6 nitrogen and oxygen atoms in total. The number of carbonyl (C=O) groups excluding carboxylic acids is 1. The van der Waals surface area contributed by atoms with Crippen LogP contribution in [0.4, 0.5) is 5.69 Å². The number of carbonyl (C=O) groups is 1. The molecule has 0 aromatic heterocycles. The molecule has 0 heterocycles. The molecule has 1 unspecified atom stereocenters. The fraction of sp³-hybridized carbons (Fsp3) is 0.222. The number of hydrogen-bond acceptors (Lipinski definition) is 4. The molecule has 88 valence electrons. The topological polar surface area (TPSA) is 95.9 Å². The van der Waals surface area contributed by atoms with Crippen LogP contribution in [-0.2, 0) is 12.4 Å². The summed E-state index contributed by atoms with van der Waals surface area (Å²) in [6.45, 7) is 2.99. The Balaban J connectivity index is 3.28. The van der Waals surface area contributed by atoms with E-state index in [4.69, 9.17) is 5.26 Å². The van der Waals surface area contributed by atoms with Crippen molar-refractivity contribution in [2.75, 3.05) is 5.32 Å². The third-order valence-corrected chi connectivity index (χ3v) is 4.40. The van der Waals surface area contributed by atoms with Crippen LogP contribution in [0.2, 0.25) is 0 Å². The van der Waals surface area contributed by atoms with Gasteiger partial charge in [-0.1, -0.05) is 0 Å². The summed E-state index contributed by atoms with van der Waals surface area (Å²) in [5.41, 5.74) is 0.883. The van der Waals surface area contributed by atoms with Gasteiger partial charge in [0.25, 0.3) is 0 Å². The van der Waals surface area contributed by atoms with Crippen LogP contribution in [0.3, 0.4) is 0 Å². The van der Waals surface area contributed by atoms with Crippen LogP contribution in [0.15, 0.2) is 18.2 Å². The van der Waals surface area contributed by atoms with Crippen LogP contribution < -0.4 is 9.67 Å². The Bertz CT molecular complexity index is 459. The number of anilines is 1. The van der Waals surface area contributed by atoms with Gasteiger partial charge in [0.15, 0.2) is 0 Å². The van der Waals surface area contributed by atoms with E-state index in [0.717, 1.165) is 5.56 Å². The Morgan fingerprint density at radius 3 is 2.62 bits per heavy atom. The van der Waals surface area contributed by atoms with Crippen LogP contribution in [0.5, 0.6) is 0 Å². The summed E-state index contributed by atoms with van der Waals surface area (Å²) in [6.07, 6.45) is 0. The van der Waals surface area contributed by atoms with E-state index < -0.39 is 14.2 Å². The molecule has 0 aliphatic rings. The van der Waals surface area contributed by atoms with Crippen LogP contribution in [0.25, 0.3) is 0 Å². The number of amides is 1. The molecule has 0 bridgehead atoms. The number of hydrogen-bond donors (Lipinski definition) is 3.